The zero-order valence-electron chi connectivity index (χ0n) is 21.7. The van der Waals surface area contributed by atoms with E-state index in [9.17, 15) is 0 Å². The van der Waals surface area contributed by atoms with E-state index in [4.69, 9.17) is 0 Å². The summed E-state index contributed by atoms with van der Waals surface area (Å²) in [6.07, 6.45) is 23.1. The van der Waals surface area contributed by atoms with Gasteiger partial charge in [0.15, 0.2) is 0 Å². The molecule has 0 aromatic heterocycles. The molecule has 3 fully saturated rings. The quantitative estimate of drug-likeness (QED) is 0.374. The summed E-state index contributed by atoms with van der Waals surface area (Å²) in [6, 6.07) is 0. The predicted octanol–water partition coefficient (Wildman–Crippen LogP) is 9.39. The van der Waals surface area contributed by atoms with Gasteiger partial charge in [-0.2, -0.15) is 0 Å². The smallest absolute Gasteiger partial charge is 0.00474 e. The van der Waals surface area contributed by atoms with Crippen molar-refractivity contribution in [2.75, 3.05) is 0 Å². The third-order valence-electron chi connectivity index (χ3n) is 10.8. The lowest BCUT2D eigenvalue weighted by molar-refractivity contribution is 0.0526. The molecule has 4 aliphatic rings. The molecule has 0 aromatic carbocycles. The number of allylic oxidation sites excluding steroid dienone is 6. The molecule has 8 atom stereocenters. The van der Waals surface area contributed by atoms with E-state index in [1.807, 2.05) is 11.1 Å². The maximum absolute atomic E-state index is 2.67. The maximum Gasteiger partial charge on any atom is -0.00474 e. The van der Waals surface area contributed by atoms with Gasteiger partial charge in [0.2, 0.25) is 0 Å². The molecule has 0 radical (unpaired) electrons. The standard InChI is InChI=1S/C31H50/c1-8-9-24-16-18-30(6)25(20-24)12-13-26-28-15-14-27(31(28,7)19-17-29(26)30)23(5)11-10-22(4)21(2)3/h10-13,21-24,27-29H,8-9,14-20H2,1-7H3/b11-10+. The fourth-order valence-corrected chi connectivity index (χ4v) is 8.34. The third kappa shape index (κ3) is 4.04. The normalized spacial score (nSPS) is 41.9. The minimum absolute atomic E-state index is 0.464. The number of hydrogen-bond acceptors (Lipinski definition) is 0. The maximum atomic E-state index is 2.67. The Kier molecular flexibility index (Phi) is 6.69. The van der Waals surface area contributed by atoms with E-state index in [0.717, 1.165) is 29.6 Å². The van der Waals surface area contributed by atoms with E-state index >= 15 is 0 Å². The molecule has 0 amide bonds. The zero-order chi connectivity index (χ0) is 22.4. The van der Waals surface area contributed by atoms with Gasteiger partial charge in [-0.3, -0.25) is 0 Å². The lowest BCUT2D eigenvalue weighted by atomic mass is 9.49. The van der Waals surface area contributed by atoms with Gasteiger partial charge < -0.3 is 0 Å². The van der Waals surface area contributed by atoms with Crippen LogP contribution in [0.5, 0.6) is 0 Å². The Bertz CT molecular complexity index is 735. The summed E-state index contributed by atoms with van der Waals surface area (Å²) in [6.45, 7) is 17.3. The van der Waals surface area contributed by atoms with E-state index in [-0.39, 0.29) is 0 Å². The van der Waals surface area contributed by atoms with Crippen LogP contribution >= 0.6 is 0 Å². The van der Waals surface area contributed by atoms with Gasteiger partial charge in [0.1, 0.15) is 0 Å². The van der Waals surface area contributed by atoms with Crippen molar-refractivity contribution in [2.24, 2.45) is 52.3 Å². The van der Waals surface area contributed by atoms with Crippen molar-refractivity contribution in [2.45, 2.75) is 106 Å². The first-order chi connectivity index (χ1) is 14.7. The van der Waals surface area contributed by atoms with Crippen LogP contribution in [0.4, 0.5) is 0 Å². The second-order valence-electron chi connectivity index (χ2n) is 12.9. The summed E-state index contributed by atoms with van der Waals surface area (Å²) in [5.41, 5.74) is 4.64. The summed E-state index contributed by atoms with van der Waals surface area (Å²) in [5, 5.41) is 0. The zero-order valence-corrected chi connectivity index (χ0v) is 21.7. The molecule has 0 heterocycles. The molecule has 0 bridgehead atoms. The highest BCUT2D eigenvalue weighted by molar-refractivity contribution is 5.38. The van der Waals surface area contributed by atoms with E-state index in [1.165, 1.54) is 57.8 Å². The monoisotopic (exact) mass is 422 g/mol. The number of fused-ring (bicyclic) bond motifs is 5. The summed E-state index contributed by atoms with van der Waals surface area (Å²) in [7, 11) is 0. The fraction of sp³-hybridized carbons (Fsp3) is 0.806. The number of rotatable bonds is 6. The Balaban J connectivity index is 1.54. The topological polar surface area (TPSA) is 0 Å². The summed E-state index contributed by atoms with van der Waals surface area (Å²) in [4.78, 5) is 0. The molecule has 0 saturated heterocycles. The molecule has 0 aromatic rings. The molecule has 0 heteroatoms. The van der Waals surface area contributed by atoms with Crippen molar-refractivity contribution in [3.05, 3.63) is 35.5 Å². The molecule has 174 valence electrons. The van der Waals surface area contributed by atoms with Crippen molar-refractivity contribution in [3.63, 3.8) is 0 Å². The molecule has 0 spiro atoms. The molecule has 0 aliphatic heterocycles. The highest BCUT2D eigenvalue weighted by atomic mass is 14.6. The van der Waals surface area contributed by atoms with Crippen LogP contribution in [-0.4, -0.2) is 0 Å². The van der Waals surface area contributed by atoms with Gasteiger partial charge in [-0.05, 0) is 97.2 Å². The molecular formula is C31H50. The van der Waals surface area contributed by atoms with Crippen LogP contribution in [0.3, 0.4) is 0 Å². The van der Waals surface area contributed by atoms with Gasteiger partial charge in [0.25, 0.3) is 0 Å². The highest BCUT2D eigenvalue weighted by Crippen LogP contribution is 2.66. The summed E-state index contributed by atoms with van der Waals surface area (Å²) >= 11 is 0. The largest absolute Gasteiger partial charge is 0.0852 e. The van der Waals surface area contributed by atoms with Crippen molar-refractivity contribution in [3.8, 4) is 0 Å². The molecular weight excluding hydrogens is 372 g/mol. The van der Waals surface area contributed by atoms with Crippen molar-refractivity contribution in [1.82, 2.24) is 0 Å². The third-order valence-corrected chi connectivity index (χ3v) is 10.8. The van der Waals surface area contributed by atoms with Gasteiger partial charge in [-0.15, -0.1) is 0 Å². The van der Waals surface area contributed by atoms with Gasteiger partial charge in [-0.1, -0.05) is 96.8 Å². The molecule has 3 saturated carbocycles. The van der Waals surface area contributed by atoms with Crippen molar-refractivity contribution < 1.29 is 0 Å². The van der Waals surface area contributed by atoms with Crippen LogP contribution < -0.4 is 0 Å². The van der Waals surface area contributed by atoms with Crippen LogP contribution in [0.1, 0.15) is 106 Å². The Labute approximate surface area is 194 Å². The second-order valence-corrected chi connectivity index (χ2v) is 12.9. The van der Waals surface area contributed by atoms with Gasteiger partial charge >= 0.3 is 0 Å². The van der Waals surface area contributed by atoms with Gasteiger partial charge in [0.05, 0.1) is 0 Å². The first-order valence-corrected chi connectivity index (χ1v) is 13.8. The average molecular weight is 423 g/mol. The van der Waals surface area contributed by atoms with Crippen LogP contribution in [0.2, 0.25) is 0 Å². The molecule has 31 heavy (non-hydrogen) atoms. The number of hydrogen-bond donors (Lipinski definition) is 0. The average Bonchev–Trinajstić information content (AvgIpc) is 3.09. The Morgan fingerprint density at radius 3 is 2.42 bits per heavy atom. The van der Waals surface area contributed by atoms with Gasteiger partial charge in [-0.25, -0.2) is 0 Å². The van der Waals surface area contributed by atoms with Crippen LogP contribution in [0, 0.1) is 52.3 Å². The van der Waals surface area contributed by atoms with Crippen LogP contribution in [0.15, 0.2) is 35.5 Å². The Morgan fingerprint density at radius 1 is 0.935 bits per heavy atom. The van der Waals surface area contributed by atoms with E-state index in [1.54, 1.807) is 0 Å². The fourth-order valence-electron chi connectivity index (χ4n) is 8.34. The first-order valence-electron chi connectivity index (χ1n) is 13.8. The van der Waals surface area contributed by atoms with Crippen LogP contribution in [0.25, 0.3) is 0 Å². The highest BCUT2D eigenvalue weighted by Gasteiger charge is 2.56. The van der Waals surface area contributed by atoms with E-state index in [2.05, 4.69) is 72.8 Å². The molecule has 8 unspecified atom stereocenters. The summed E-state index contributed by atoms with van der Waals surface area (Å²) in [5.74, 6) is 5.61. The van der Waals surface area contributed by atoms with E-state index in [0.29, 0.717) is 22.7 Å². The lowest BCUT2D eigenvalue weighted by Crippen LogP contribution is -2.46. The van der Waals surface area contributed by atoms with Gasteiger partial charge in [0, 0.05) is 0 Å². The molecule has 0 N–H and O–H groups in total. The Hall–Kier alpha value is -0.780. The molecule has 4 aliphatic carbocycles. The molecule has 0 nitrogen and oxygen atoms in total. The predicted molar refractivity (Wildman–Crippen MR) is 136 cm³/mol. The minimum Gasteiger partial charge on any atom is -0.0852 e. The lowest BCUT2D eigenvalue weighted by Gasteiger charge is -2.55. The SMILES string of the molecule is CCCC1CCC2(C)C(=CC=C3C2CCC2(C)C3CCC2C(C)/C=C/C(C)C(C)C)C1. The first kappa shape index (κ1) is 23.4. The molecule has 4 rings (SSSR count). The second kappa shape index (κ2) is 8.87. The van der Waals surface area contributed by atoms with Crippen molar-refractivity contribution in [1.29, 1.82) is 0 Å². The summed E-state index contributed by atoms with van der Waals surface area (Å²) < 4.78 is 0. The van der Waals surface area contributed by atoms with Crippen molar-refractivity contribution >= 4 is 0 Å². The van der Waals surface area contributed by atoms with E-state index < -0.39 is 0 Å². The minimum atomic E-state index is 0.464. The van der Waals surface area contributed by atoms with Crippen LogP contribution in [-0.2, 0) is 0 Å². The Morgan fingerprint density at radius 2 is 1.71 bits per heavy atom.